The Morgan fingerprint density at radius 1 is 1.61 bits per heavy atom. The number of hydrogen-bond acceptors (Lipinski definition) is 5. The Hall–Kier alpha value is -2.05. The van der Waals surface area contributed by atoms with Crippen molar-refractivity contribution in [2.24, 2.45) is 0 Å². The number of esters is 1. The fourth-order valence-electron chi connectivity index (χ4n) is 2.20. The fraction of sp³-hybridized carbons (Fsp3) is 0.545. The zero-order valence-electron chi connectivity index (χ0n) is 10.4. The van der Waals surface area contributed by atoms with Crippen LogP contribution in [0.2, 0.25) is 0 Å². The van der Waals surface area contributed by atoms with Crippen molar-refractivity contribution < 1.29 is 14.3 Å². The van der Waals surface area contributed by atoms with E-state index in [0.717, 1.165) is 6.42 Å². The number of nitrogens with zero attached hydrogens (tertiary/aromatic N) is 2. The zero-order chi connectivity index (χ0) is 13.3. The lowest BCUT2D eigenvalue weighted by Gasteiger charge is -2.24. The minimum absolute atomic E-state index is 0.0633. The third kappa shape index (κ3) is 1.92. The largest absolute Gasteiger partial charge is 0.464 e. The predicted octanol–water partition coefficient (Wildman–Crippen LogP) is 0.0114. The number of nitrogens with two attached hydrogens (primary N) is 1. The number of nitrogens with one attached hydrogen (secondary N) is 1. The highest BCUT2D eigenvalue weighted by molar-refractivity contribution is 5.93. The van der Waals surface area contributed by atoms with Crippen LogP contribution in [0.1, 0.15) is 35.2 Å². The van der Waals surface area contributed by atoms with E-state index >= 15 is 0 Å². The van der Waals surface area contributed by atoms with Gasteiger partial charge in [0.05, 0.1) is 7.11 Å². The average Bonchev–Trinajstić information content (AvgIpc) is 2.65. The molecule has 0 saturated carbocycles. The van der Waals surface area contributed by atoms with Crippen LogP contribution in [0.3, 0.4) is 0 Å². The van der Waals surface area contributed by atoms with Gasteiger partial charge in [-0.05, 0) is 19.8 Å². The monoisotopic (exact) mass is 252 g/mol. The van der Waals surface area contributed by atoms with Gasteiger partial charge in [0.2, 0.25) is 5.91 Å². The number of aryl methyl sites for hydroxylation is 1. The van der Waals surface area contributed by atoms with Crippen molar-refractivity contribution >= 4 is 17.7 Å². The van der Waals surface area contributed by atoms with Gasteiger partial charge in [-0.3, -0.25) is 4.79 Å². The number of ether oxygens (including phenoxy) is 1. The molecule has 1 aliphatic heterocycles. The number of hydrogen-bond donors (Lipinski definition) is 2. The van der Waals surface area contributed by atoms with E-state index in [-0.39, 0.29) is 17.4 Å². The SMILES string of the molecule is COC(=O)c1nc(C)n(C2CCCNC2=O)c1N. The first-order valence-corrected chi connectivity index (χ1v) is 5.76. The number of amides is 1. The van der Waals surface area contributed by atoms with Gasteiger partial charge in [-0.2, -0.15) is 0 Å². The fourth-order valence-corrected chi connectivity index (χ4v) is 2.20. The topological polar surface area (TPSA) is 99.2 Å². The molecule has 0 aliphatic carbocycles. The molecule has 2 heterocycles. The molecule has 1 saturated heterocycles. The van der Waals surface area contributed by atoms with Crippen LogP contribution in [0.5, 0.6) is 0 Å². The minimum Gasteiger partial charge on any atom is -0.464 e. The van der Waals surface area contributed by atoms with Gasteiger partial charge in [0, 0.05) is 6.54 Å². The van der Waals surface area contributed by atoms with E-state index in [9.17, 15) is 9.59 Å². The van der Waals surface area contributed by atoms with Gasteiger partial charge >= 0.3 is 5.97 Å². The normalized spacial score (nSPS) is 19.4. The highest BCUT2D eigenvalue weighted by atomic mass is 16.5. The second kappa shape index (κ2) is 4.67. The van der Waals surface area contributed by atoms with Gasteiger partial charge < -0.3 is 20.4 Å². The number of piperidine rings is 1. The molecule has 1 aromatic heterocycles. The molecule has 1 aliphatic rings. The number of carbonyl (C=O) groups is 2. The van der Waals surface area contributed by atoms with Crippen LogP contribution >= 0.6 is 0 Å². The van der Waals surface area contributed by atoms with E-state index in [2.05, 4.69) is 15.0 Å². The quantitative estimate of drug-likeness (QED) is 0.722. The molecule has 18 heavy (non-hydrogen) atoms. The summed E-state index contributed by atoms with van der Waals surface area (Å²) in [6.07, 6.45) is 1.56. The van der Waals surface area contributed by atoms with Crippen LogP contribution in [0.15, 0.2) is 0 Å². The van der Waals surface area contributed by atoms with Crippen LogP contribution in [-0.4, -0.2) is 35.1 Å². The molecule has 3 N–H and O–H groups in total. The average molecular weight is 252 g/mol. The first-order valence-electron chi connectivity index (χ1n) is 5.76. The molecule has 0 bridgehead atoms. The van der Waals surface area contributed by atoms with Crippen LogP contribution in [0.25, 0.3) is 0 Å². The summed E-state index contributed by atoms with van der Waals surface area (Å²) >= 11 is 0. The maximum atomic E-state index is 11.8. The van der Waals surface area contributed by atoms with Gasteiger partial charge in [0.15, 0.2) is 5.69 Å². The van der Waals surface area contributed by atoms with Crippen molar-refractivity contribution in [3.63, 3.8) is 0 Å². The number of rotatable bonds is 2. The van der Waals surface area contributed by atoms with E-state index in [1.165, 1.54) is 7.11 Å². The molecule has 1 fully saturated rings. The van der Waals surface area contributed by atoms with Gasteiger partial charge in [0.1, 0.15) is 17.7 Å². The Balaban J connectivity index is 2.41. The van der Waals surface area contributed by atoms with Crippen LogP contribution in [-0.2, 0) is 9.53 Å². The third-order valence-corrected chi connectivity index (χ3v) is 3.07. The molecule has 1 unspecified atom stereocenters. The number of imidazole rings is 1. The highest BCUT2D eigenvalue weighted by Crippen LogP contribution is 2.26. The van der Waals surface area contributed by atoms with Gasteiger partial charge in [-0.15, -0.1) is 0 Å². The van der Waals surface area contributed by atoms with Crippen molar-refractivity contribution in [2.75, 3.05) is 19.4 Å². The molecule has 7 nitrogen and oxygen atoms in total. The smallest absolute Gasteiger partial charge is 0.360 e. The lowest BCUT2D eigenvalue weighted by molar-refractivity contribution is -0.125. The molecule has 1 aromatic rings. The Labute approximate surface area is 104 Å². The Morgan fingerprint density at radius 2 is 2.33 bits per heavy atom. The lowest BCUT2D eigenvalue weighted by atomic mass is 10.1. The first-order chi connectivity index (χ1) is 8.56. The molecule has 7 heteroatoms. The predicted molar refractivity (Wildman–Crippen MR) is 64.0 cm³/mol. The zero-order valence-corrected chi connectivity index (χ0v) is 10.4. The third-order valence-electron chi connectivity index (χ3n) is 3.07. The molecule has 0 aromatic carbocycles. The van der Waals surface area contributed by atoms with Crippen molar-refractivity contribution in [2.45, 2.75) is 25.8 Å². The molecule has 2 rings (SSSR count). The first kappa shape index (κ1) is 12.4. The molecule has 0 spiro atoms. The van der Waals surface area contributed by atoms with Gasteiger partial charge in [0.25, 0.3) is 0 Å². The maximum absolute atomic E-state index is 11.8. The number of nitrogen functional groups attached to an aromatic ring is 1. The standard InChI is InChI=1S/C11H16N4O3/c1-6-14-8(11(17)18-2)9(12)15(6)7-4-3-5-13-10(7)16/h7H,3-5,12H2,1-2H3,(H,13,16). The second-order valence-corrected chi connectivity index (χ2v) is 4.20. The lowest BCUT2D eigenvalue weighted by Crippen LogP contribution is -2.38. The summed E-state index contributed by atoms with van der Waals surface area (Å²) in [7, 11) is 1.27. The summed E-state index contributed by atoms with van der Waals surface area (Å²) < 4.78 is 6.20. The van der Waals surface area contributed by atoms with E-state index in [1.54, 1.807) is 11.5 Å². The molecular formula is C11H16N4O3. The van der Waals surface area contributed by atoms with Gasteiger partial charge in [-0.1, -0.05) is 0 Å². The van der Waals surface area contributed by atoms with Gasteiger partial charge in [-0.25, -0.2) is 9.78 Å². The van der Waals surface area contributed by atoms with Crippen LogP contribution in [0.4, 0.5) is 5.82 Å². The van der Waals surface area contributed by atoms with Crippen molar-refractivity contribution in [1.29, 1.82) is 0 Å². The van der Waals surface area contributed by atoms with Crippen molar-refractivity contribution in [3.05, 3.63) is 11.5 Å². The Morgan fingerprint density at radius 3 is 2.94 bits per heavy atom. The Bertz CT molecular complexity index is 495. The number of aromatic nitrogens is 2. The molecule has 0 radical (unpaired) electrons. The van der Waals surface area contributed by atoms with Crippen molar-refractivity contribution in [3.8, 4) is 0 Å². The van der Waals surface area contributed by atoms with Crippen LogP contribution < -0.4 is 11.1 Å². The molecular weight excluding hydrogens is 236 g/mol. The Kier molecular flexibility index (Phi) is 3.22. The van der Waals surface area contributed by atoms with E-state index in [1.807, 2.05) is 0 Å². The second-order valence-electron chi connectivity index (χ2n) is 4.20. The molecule has 1 atom stereocenters. The molecule has 1 amide bonds. The van der Waals surface area contributed by atoms with Crippen LogP contribution in [0, 0.1) is 6.92 Å². The summed E-state index contributed by atoms with van der Waals surface area (Å²) in [4.78, 5) is 27.4. The minimum atomic E-state index is -0.592. The van der Waals surface area contributed by atoms with E-state index in [0.29, 0.717) is 18.8 Å². The van der Waals surface area contributed by atoms with E-state index < -0.39 is 12.0 Å². The summed E-state index contributed by atoms with van der Waals surface area (Å²) in [6, 6.07) is -0.398. The summed E-state index contributed by atoms with van der Waals surface area (Å²) in [5, 5.41) is 2.78. The highest BCUT2D eigenvalue weighted by Gasteiger charge is 2.29. The summed E-state index contributed by atoms with van der Waals surface area (Å²) in [5.74, 6) is 0.0341. The van der Waals surface area contributed by atoms with Crippen molar-refractivity contribution in [1.82, 2.24) is 14.9 Å². The van der Waals surface area contributed by atoms with E-state index in [4.69, 9.17) is 5.73 Å². The maximum Gasteiger partial charge on any atom is 0.360 e. The summed E-state index contributed by atoms with van der Waals surface area (Å²) in [5.41, 5.74) is 5.96. The number of anilines is 1. The molecule has 98 valence electrons. The number of methoxy groups -OCH3 is 1. The summed E-state index contributed by atoms with van der Waals surface area (Å²) in [6.45, 7) is 2.39. The number of carbonyl (C=O) groups excluding carboxylic acids is 2.